The molecule has 7 heteroatoms. The van der Waals surface area contributed by atoms with Crippen LogP contribution in [-0.2, 0) is 11.2 Å². The molecule has 4 rings (SSSR count). The molecule has 7 nitrogen and oxygen atoms in total. The van der Waals surface area contributed by atoms with Crippen molar-refractivity contribution >= 4 is 23.5 Å². The maximum atomic E-state index is 12.2. The van der Waals surface area contributed by atoms with Crippen molar-refractivity contribution in [2.24, 2.45) is 0 Å². The molecule has 0 radical (unpaired) electrons. The first-order valence-corrected chi connectivity index (χ1v) is 10.3. The number of carbonyl (C=O) groups excluding carboxylic acids is 1. The average molecular weight is 380 g/mol. The summed E-state index contributed by atoms with van der Waals surface area (Å²) in [5.41, 5.74) is 6.95. The number of nitrogens with zero attached hydrogens (tertiary/aromatic N) is 4. The quantitative estimate of drug-likeness (QED) is 0.720. The number of aryl methyl sites for hydroxylation is 1. The molecule has 28 heavy (non-hydrogen) atoms. The predicted octanol–water partition coefficient (Wildman–Crippen LogP) is 2.75. The third-order valence-electron chi connectivity index (χ3n) is 5.33. The Morgan fingerprint density at radius 2 is 1.61 bits per heavy atom. The van der Waals surface area contributed by atoms with E-state index in [2.05, 4.69) is 25.6 Å². The van der Waals surface area contributed by atoms with Gasteiger partial charge in [0.1, 0.15) is 5.82 Å². The van der Waals surface area contributed by atoms with Crippen molar-refractivity contribution in [2.45, 2.75) is 38.5 Å². The van der Waals surface area contributed by atoms with Crippen molar-refractivity contribution in [1.82, 2.24) is 15.4 Å². The molecule has 2 saturated heterocycles. The van der Waals surface area contributed by atoms with Gasteiger partial charge in [-0.3, -0.25) is 15.6 Å². The molecule has 0 spiro atoms. The maximum absolute atomic E-state index is 12.2. The van der Waals surface area contributed by atoms with Gasteiger partial charge in [-0.15, -0.1) is 0 Å². The Morgan fingerprint density at radius 3 is 2.32 bits per heavy atom. The van der Waals surface area contributed by atoms with Crippen molar-refractivity contribution in [2.75, 3.05) is 41.4 Å². The maximum Gasteiger partial charge on any atom is 0.238 e. The standard InChI is InChI=1S/C21H28N6O/c28-20(11-10-17-8-2-1-3-9-17)25-24-18-16-19(26-12-4-5-13-26)23-21(22-18)27-14-6-7-15-27/h1-3,8-9,16H,4-7,10-15H2,(H,25,28)(H,22,23,24). The number of hydrogen-bond acceptors (Lipinski definition) is 6. The lowest BCUT2D eigenvalue weighted by Gasteiger charge is -2.22. The number of aromatic nitrogens is 2. The fourth-order valence-corrected chi connectivity index (χ4v) is 3.75. The van der Waals surface area contributed by atoms with Crippen molar-refractivity contribution in [3.05, 3.63) is 42.0 Å². The van der Waals surface area contributed by atoms with Crippen LogP contribution in [0.25, 0.3) is 0 Å². The van der Waals surface area contributed by atoms with E-state index in [0.717, 1.165) is 49.9 Å². The molecule has 0 atom stereocenters. The van der Waals surface area contributed by atoms with Gasteiger partial charge in [-0.05, 0) is 37.7 Å². The Morgan fingerprint density at radius 1 is 0.929 bits per heavy atom. The summed E-state index contributed by atoms with van der Waals surface area (Å²) in [6, 6.07) is 12.0. The van der Waals surface area contributed by atoms with Crippen LogP contribution in [0.15, 0.2) is 36.4 Å². The van der Waals surface area contributed by atoms with Crippen LogP contribution in [0.4, 0.5) is 17.6 Å². The first kappa shape index (κ1) is 18.5. The van der Waals surface area contributed by atoms with E-state index < -0.39 is 0 Å². The number of anilines is 3. The Balaban J connectivity index is 1.40. The van der Waals surface area contributed by atoms with Gasteiger partial charge in [0.2, 0.25) is 11.9 Å². The molecule has 2 aliphatic heterocycles. The zero-order valence-electron chi connectivity index (χ0n) is 16.2. The third kappa shape index (κ3) is 4.71. The lowest BCUT2D eigenvalue weighted by atomic mass is 10.1. The summed E-state index contributed by atoms with van der Waals surface area (Å²) < 4.78 is 0. The average Bonchev–Trinajstić information content (AvgIpc) is 3.45. The Labute approximate surface area is 166 Å². The van der Waals surface area contributed by atoms with E-state index in [4.69, 9.17) is 4.98 Å². The molecule has 1 amide bonds. The van der Waals surface area contributed by atoms with Crippen LogP contribution in [0.1, 0.15) is 37.7 Å². The van der Waals surface area contributed by atoms with Crippen LogP contribution in [0.5, 0.6) is 0 Å². The van der Waals surface area contributed by atoms with Gasteiger partial charge in [-0.1, -0.05) is 30.3 Å². The number of rotatable bonds is 7. The Hall–Kier alpha value is -2.83. The molecule has 0 aliphatic carbocycles. The molecule has 148 valence electrons. The summed E-state index contributed by atoms with van der Waals surface area (Å²) in [4.78, 5) is 26.2. The normalized spacial score (nSPS) is 16.4. The molecule has 2 aliphatic rings. The van der Waals surface area contributed by atoms with Gasteiger partial charge < -0.3 is 9.80 Å². The van der Waals surface area contributed by atoms with E-state index in [1.807, 2.05) is 36.4 Å². The number of carbonyl (C=O) groups is 1. The van der Waals surface area contributed by atoms with E-state index >= 15 is 0 Å². The van der Waals surface area contributed by atoms with Gasteiger partial charge >= 0.3 is 0 Å². The molecule has 2 N–H and O–H groups in total. The van der Waals surface area contributed by atoms with Gasteiger partial charge in [-0.25, -0.2) is 0 Å². The fraction of sp³-hybridized carbons (Fsp3) is 0.476. The van der Waals surface area contributed by atoms with Gasteiger partial charge in [0.15, 0.2) is 5.82 Å². The van der Waals surface area contributed by atoms with Gasteiger partial charge in [0, 0.05) is 38.7 Å². The SMILES string of the molecule is O=C(CCc1ccccc1)NNc1cc(N2CCCC2)nc(N2CCCC2)n1. The Bertz CT molecular complexity index is 750. The highest BCUT2D eigenvalue weighted by Gasteiger charge is 2.20. The number of benzene rings is 1. The van der Waals surface area contributed by atoms with E-state index in [1.165, 1.54) is 25.7 Å². The molecule has 0 unspecified atom stereocenters. The van der Waals surface area contributed by atoms with Crippen LogP contribution in [0.3, 0.4) is 0 Å². The van der Waals surface area contributed by atoms with Crippen LogP contribution in [0.2, 0.25) is 0 Å². The third-order valence-corrected chi connectivity index (χ3v) is 5.33. The zero-order chi connectivity index (χ0) is 19.2. The summed E-state index contributed by atoms with van der Waals surface area (Å²) >= 11 is 0. The van der Waals surface area contributed by atoms with E-state index in [-0.39, 0.29) is 5.91 Å². The molecular weight excluding hydrogens is 352 g/mol. The van der Waals surface area contributed by atoms with Crippen LogP contribution >= 0.6 is 0 Å². The zero-order valence-corrected chi connectivity index (χ0v) is 16.2. The summed E-state index contributed by atoms with van der Waals surface area (Å²) in [6.07, 6.45) is 5.90. The lowest BCUT2D eigenvalue weighted by Crippen LogP contribution is -2.31. The van der Waals surface area contributed by atoms with Crippen LogP contribution in [0, 0.1) is 0 Å². The summed E-state index contributed by atoms with van der Waals surface area (Å²) in [5, 5.41) is 0. The van der Waals surface area contributed by atoms with Crippen LogP contribution < -0.4 is 20.7 Å². The molecule has 2 fully saturated rings. The summed E-state index contributed by atoms with van der Waals surface area (Å²) in [7, 11) is 0. The van der Waals surface area contributed by atoms with Crippen molar-refractivity contribution in [3.63, 3.8) is 0 Å². The number of hydrogen-bond donors (Lipinski definition) is 2. The molecule has 0 bridgehead atoms. The smallest absolute Gasteiger partial charge is 0.238 e. The minimum atomic E-state index is -0.0482. The second kappa shape index (κ2) is 8.91. The van der Waals surface area contributed by atoms with Gasteiger partial charge in [-0.2, -0.15) is 9.97 Å². The van der Waals surface area contributed by atoms with E-state index in [9.17, 15) is 4.79 Å². The van der Waals surface area contributed by atoms with E-state index in [0.29, 0.717) is 12.2 Å². The predicted molar refractivity (Wildman–Crippen MR) is 111 cm³/mol. The molecule has 2 aromatic rings. The largest absolute Gasteiger partial charge is 0.356 e. The lowest BCUT2D eigenvalue weighted by molar-refractivity contribution is -0.120. The number of hydrazine groups is 1. The number of nitrogens with one attached hydrogen (secondary N) is 2. The van der Waals surface area contributed by atoms with Gasteiger partial charge in [0.25, 0.3) is 0 Å². The second-order valence-corrected chi connectivity index (χ2v) is 7.46. The van der Waals surface area contributed by atoms with Gasteiger partial charge in [0.05, 0.1) is 0 Å². The molecule has 3 heterocycles. The van der Waals surface area contributed by atoms with Crippen molar-refractivity contribution in [3.8, 4) is 0 Å². The first-order chi connectivity index (χ1) is 13.8. The highest BCUT2D eigenvalue weighted by atomic mass is 16.2. The second-order valence-electron chi connectivity index (χ2n) is 7.46. The molecule has 1 aromatic carbocycles. The van der Waals surface area contributed by atoms with Crippen LogP contribution in [-0.4, -0.2) is 42.1 Å². The monoisotopic (exact) mass is 380 g/mol. The summed E-state index contributed by atoms with van der Waals surface area (Å²) in [5.74, 6) is 2.29. The number of amides is 1. The molecule has 0 saturated carbocycles. The molecular formula is C21H28N6O. The Kier molecular flexibility index (Phi) is 5.89. The highest BCUT2D eigenvalue weighted by molar-refractivity contribution is 5.77. The minimum absolute atomic E-state index is 0.0482. The highest BCUT2D eigenvalue weighted by Crippen LogP contribution is 2.25. The molecule has 1 aromatic heterocycles. The topological polar surface area (TPSA) is 73.4 Å². The van der Waals surface area contributed by atoms with E-state index in [1.54, 1.807) is 0 Å². The van der Waals surface area contributed by atoms with Crippen molar-refractivity contribution < 1.29 is 4.79 Å². The van der Waals surface area contributed by atoms with Crippen molar-refractivity contribution in [1.29, 1.82) is 0 Å². The first-order valence-electron chi connectivity index (χ1n) is 10.3. The minimum Gasteiger partial charge on any atom is -0.356 e. The fourth-order valence-electron chi connectivity index (χ4n) is 3.75. The summed E-state index contributed by atoms with van der Waals surface area (Å²) in [6.45, 7) is 4.04.